The molecule has 1 unspecified atom stereocenters. The predicted molar refractivity (Wildman–Crippen MR) is 83.6 cm³/mol. The Hall–Kier alpha value is -2.30. The number of esters is 1. The van der Waals surface area contributed by atoms with Gasteiger partial charge in [-0.2, -0.15) is 0 Å². The van der Waals surface area contributed by atoms with E-state index in [4.69, 9.17) is 4.74 Å². The maximum atomic E-state index is 13.3. The SMILES string of the molecule is COC(=O)C1C(C)=NC2=C(C(=O)CCC2)[C@@H]1c1ccc(F)cc1. The second-order valence-electron chi connectivity index (χ2n) is 5.92. The lowest BCUT2D eigenvalue weighted by Crippen LogP contribution is -2.36. The molecule has 1 aliphatic heterocycles. The van der Waals surface area contributed by atoms with E-state index in [9.17, 15) is 14.0 Å². The molecular formula is C18H18FNO3. The molecule has 0 fully saturated rings. The van der Waals surface area contributed by atoms with Crippen LogP contribution in [0.2, 0.25) is 0 Å². The Kier molecular flexibility index (Phi) is 4.11. The molecule has 0 spiro atoms. The lowest BCUT2D eigenvalue weighted by atomic mass is 9.72. The lowest BCUT2D eigenvalue weighted by Gasteiger charge is -2.34. The molecule has 1 heterocycles. The van der Waals surface area contributed by atoms with Crippen molar-refractivity contribution in [3.05, 3.63) is 46.9 Å². The van der Waals surface area contributed by atoms with E-state index >= 15 is 0 Å². The lowest BCUT2D eigenvalue weighted by molar-refractivity contribution is -0.143. The fraction of sp³-hybridized carbons (Fsp3) is 0.389. The van der Waals surface area contributed by atoms with Crippen molar-refractivity contribution in [3.63, 3.8) is 0 Å². The summed E-state index contributed by atoms with van der Waals surface area (Å²) in [6.07, 6.45) is 1.95. The van der Waals surface area contributed by atoms with Gasteiger partial charge in [-0.05, 0) is 37.5 Å². The van der Waals surface area contributed by atoms with Crippen LogP contribution in [0.5, 0.6) is 0 Å². The highest BCUT2D eigenvalue weighted by Crippen LogP contribution is 2.43. The zero-order valence-corrected chi connectivity index (χ0v) is 13.1. The molecule has 1 aliphatic carbocycles. The molecule has 0 saturated heterocycles. The molecule has 0 amide bonds. The van der Waals surface area contributed by atoms with E-state index in [-0.39, 0.29) is 11.6 Å². The second-order valence-corrected chi connectivity index (χ2v) is 5.92. The molecule has 4 nitrogen and oxygen atoms in total. The average molecular weight is 315 g/mol. The Morgan fingerprint density at radius 3 is 2.61 bits per heavy atom. The van der Waals surface area contributed by atoms with E-state index in [0.29, 0.717) is 17.7 Å². The molecule has 3 rings (SSSR count). The Morgan fingerprint density at radius 2 is 1.96 bits per heavy atom. The number of halogens is 1. The summed E-state index contributed by atoms with van der Waals surface area (Å²) in [5.41, 5.74) is 2.72. The van der Waals surface area contributed by atoms with Crippen LogP contribution in [-0.4, -0.2) is 24.6 Å². The number of rotatable bonds is 2. The van der Waals surface area contributed by atoms with Crippen molar-refractivity contribution < 1.29 is 18.7 Å². The van der Waals surface area contributed by atoms with Crippen LogP contribution in [0.1, 0.15) is 37.7 Å². The van der Waals surface area contributed by atoms with E-state index in [1.165, 1.54) is 19.2 Å². The molecule has 120 valence electrons. The maximum Gasteiger partial charge on any atom is 0.315 e. The number of carbonyl (C=O) groups excluding carboxylic acids is 2. The highest BCUT2D eigenvalue weighted by atomic mass is 19.1. The monoisotopic (exact) mass is 315 g/mol. The minimum absolute atomic E-state index is 0.0192. The van der Waals surface area contributed by atoms with Gasteiger partial charge >= 0.3 is 5.97 Å². The van der Waals surface area contributed by atoms with Gasteiger partial charge in [-0.1, -0.05) is 12.1 Å². The quantitative estimate of drug-likeness (QED) is 0.788. The van der Waals surface area contributed by atoms with Crippen LogP contribution in [0.15, 0.2) is 40.5 Å². The molecule has 2 aliphatic rings. The fourth-order valence-electron chi connectivity index (χ4n) is 3.47. The maximum absolute atomic E-state index is 13.3. The molecule has 5 heteroatoms. The third-order valence-corrected chi connectivity index (χ3v) is 4.52. The molecular weight excluding hydrogens is 297 g/mol. The molecule has 1 aromatic rings. The van der Waals surface area contributed by atoms with Crippen LogP contribution < -0.4 is 0 Å². The van der Waals surface area contributed by atoms with Gasteiger partial charge in [-0.25, -0.2) is 4.39 Å². The summed E-state index contributed by atoms with van der Waals surface area (Å²) >= 11 is 0. The number of nitrogens with zero attached hydrogens (tertiary/aromatic N) is 1. The normalized spacial score (nSPS) is 24.1. The molecule has 0 radical (unpaired) electrons. The summed E-state index contributed by atoms with van der Waals surface area (Å²) in [4.78, 5) is 29.3. The molecule has 0 N–H and O–H groups in total. The highest BCUT2D eigenvalue weighted by Gasteiger charge is 2.42. The number of benzene rings is 1. The van der Waals surface area contributed by atoms with Gasteiger partial charge in [0.1, 0.15) is 11.7 Å². The van der Waals surface area contributed by atoms with E-state index < -0.39 is 17.8 Å². The van der Waals surface area contributed by atoms with Gasteiger partial charge in [0.15, 0.2) is 5.78 Å². The summed E-state index contributed by atoms with van der Waals surface area (Å²) < 4.78 is 18.2. The van der Waals surface area contributed by atoms with Crippen LogP contribution >= 0.6 is 0 Å². The van der Waals surface area contributed by atoms with Crippen molar-refractivity contribution in [3.8, 4) is 0 Å². The number of ketones is 1. The van der Waals surface area contributed by atoms with Gasteiger partial charge in [0, 0.05) is 29.3 Å². The topological polar surface area (TPSA) is 55.7 Å². The summed E-state index contributed by atoms with van der Waals surface area (Å²) in [5.74, 6) is -1.86. The smallest absolute Gasteiger partial charge is 0.315 e. The third kappa shape index (κ3) is 2.71. The van der Waals surface area contributed by atoms with Crippen LogP contribution in [0.3, 0.4) is 0 Å². The largest absolute Gasteiger partial charge is 0.468 e. The summed E-state index contributed by atoms with van der Waals surface area (Å²) in [7, 11) is 1.32. The molecule has 2 atom stereocenters. The molecule has 0 saturated carbocycles. The number of carbonyl (C=O) groups is 2. The first kappa shape index (κ1) is 15.6. The number of hydrogen-bond acceptors (Lipinski definition) is 4. The van der Waals surface area contributed by atoms with Crippen LogP contribution in [0.25, 0.3) is 0 Å². The van der Waals surface area contributed by atoms with Gasteiger partial charge < -0.3 is 4.74 Å². The van der Waals surface area contributed by atoms with Gasteiger partial charge in [0.2, 0.25) is 0 Å². The third-order valence-electron chi connectivity index (χ3n) is 4.52. The van der Waals surface area contributed by atoms with E-state index in [2.05, 4.69) is 4.99 Å². The first-order chi connectivity index (χ1) is 11.0. The van der Waals surface area contributed by atoms with Crippen molar-refractivity contribution in [1.82, 2.24) is 0 Å². The number of methoxy groups -OCH3 is 1. The highest BCUT2D eigenvalue weighted by molar-refractivity contribution is 6.08. The Morgan fingerprint density at radius 1 is 1.26 bits per heavy atom. The number of allylic oxidation sites excluding steroid dienone is 2. The van der Waals surface area contributed by atoms with Crippen molar-refractivity contribution in [2.24, 2.45) is 10.9 Å². The molecule has 0 bridgehead atoms. The zero-order valence-electron chi connectivity index (χ0n) is 13.1. The summed E-state index contributed by atoms with van der Waals surface area (Å²) in [6.45, 7) is 1.78. The van der Waals surface area contributed by atoms with Crippen LogP contribution in [0.4, 0.5) is 4.39 Å². The van der Waals surface area contributed by atoms with Crippen LogP contribution in [0, 0.1) is 11.7 Å². The minimum atomic E-state index is -0.647. The Labute approximate surface area is 134 Å². The van der Waals surface area contributed by atoms with Crippen molar-refractivity contribution >= 4 is 17.5 Å². The fourth-order valence-corrected chi connectivity index (χ4v) is 3.47. The average Bonchev–Trinajstić information content (AvgIpc) is 2.54. The summed E-state index contributed by atoms with van der Waals surface area (Å²) in [6, 6.07) is 5.94. The number of Topliss-reactive ketones (excluding diaryl/α,β-unsaturated/α-hetero) is 1. The molecule has 0 aromatic heterocycles. The number of aliphatic imine (C=N–C) groups is 1. The van der Waals surface area contributed by atoms with Gasteiger partial charge in [-0.3, -0.25) is 14.6 Å². The Balaban J connectivity index is 2.17. The zero-order chi connectivity index (χ0) is 16.6. The van der Waals surface area contributed by atoms with Crippen LogP contribution in [-0.2, 0) is 14.3 Å². The van der Waals surface area contributed by atoms with Crippen molar-refractivity contribution in [1.29, 1.82) is 0 Å². The van der Waals surface area contributed by atoms with E-state index in [1.54, 1.807) is 19.1 Å². The predicted octanol–water partition coefficient (Wildman–Crippen LogP) is 3.18. The Bertz CT molecular complexity index is 718. The molecule has 1 aromatic carbocycles. The second kappa shape index (κ2) is 6.07. The molecule has 23 heavy (non-hydrogen) atoms. The minimum Gasteiger partial charge on any atom is -0.468 e. The van der Waals surface area contributed by atoms with Gasteiger partial charge in [0.25, 0.3) is 0 Å². The number of hydrogen-bond donors (Lipinski definition) is 0. The van der Waals surface area contributed by atoms with Crippen molar-refractivity contribution in [2.75, 3.05) is 7.11 Å². The van der Waals surface area contributed by atoms with Gasteiger partial charge in [-0.15, -0.1) is 0 Å². The standard InChI is InChI=1S/C18H18FNO3/c1-10-15(18(22)23-2)16(11-6-8-12(19)9-7-11)17-13(20-10)4-3-5-14(17)21/h6-9,15-16H,3-5H2,1-2H3/t15?,16-/m1/s1. The van der Waals surface area contributed by atoms with Gasteiger partial charge in [0.05, 0.1) is 7.11 Å². The van der Waals surface area contributed by atoms with E-state index in [0.717, 1.165) is 24.1 Å². The number of ether oxygens (including phenoxy) is 1. The first-order valence-corrected chi connectivity index (χ1v) is 7.67. The van der Waals surface area contributed by atoms with E-state index in [1.807, 2.05) is 0 Å². The summed E-state index contributed by atoms with van der Waals surface area (Å²) in [5, 5.41) is 0. The first-order valence-electron chi connectivity index (χ1n) is 7.67. The van der Waals surface area contributed by atoms with Crippen molar-refractivity contribution in [2.45, 2.75) is 32.1 Å².